The van der Waals surface area contributed by atoms with Crippen molar-refractivity contribution >= 4 is 29.4 Å². The van der Waals surface area contributed by atoms with Gasteiger partial charge in [0, 0.05) is 28.8 Å². The molecule has 174 valence electrons. The number of hydrogen-bond acceptors (Lipinski definition) is 5. The Morgan fingerprint density at radius 3 is 2.72 bits per heavy atom. The number of esters is 1. The molecule has 2 saturated carbocycles. The third-order valence-electron chi connectivity index (χ3n) is 7.79. The van der Waals surface area contributed by atoms with Crippen molar-refractivity contribution in [3.63, 3.8) is 0 Å². The molecule has 0 radical (unpaired) electrons. The summed E-state index contributed by atoms with van der Waals surface area (Å²) in [5.41, 5.74) is 1.12. The minimum atomic E-state index is -0.748. The molecule has 0 aromatic heterocycles. The van der Waals surface area contributed by atoms with Crippen molar-refractivity contribution in [3.8, 4) is 0 Å². The number of nitrogens with one attached hydrogen (secondary N) is 1. The summed E-state index contributed by atoms with van der Waals surface area (Å²) in [5, 5.41) is 3.38. The van der Waals surface area contributed by atoms with Gasteiger partial charge in [0.1, 0.15) is 11.7 Å². The normalized spacial score (nSPS) is 31.4. The Kier molecular flexibility index (Phi) is 5.60. The number of hydrogen-bond donors (Lipinski definition) is 1. The van der Waals surface area contributed by atoms with Crippen molar-refractivity contribution in [2.45, 2.75) is 78.0 Å². The van der Waals surface area contributed by atoms with Crippen LogP contribution in [-0.2, 0) is 14.3 Å². The molecule has 1 amide bonds. The molecular formula is C25H33ClN2O4. The second kappa shape index (κ2) is 7.75. The maximum absolute atomic E-state index is 13.2. The van der Waals surface area contributed by atoms with Gasteiger partial charge in [0.2, 0.25) is 0 Å². The maximum Gasteiger partial charge on any atom is 0.407 e. The van der Waals surface area contributed by atoms with Gasteiger partial charge in [-0.05, 0) is 56.7 Å². The smallest absolute Gasteiger partial charge is 0.407 e. The molecule has 4 rings (SSSR count). The van der Waals surface area contributed by atoms with Gasteiger partial charge in [-0.1, -0.05) is 44.5 Å². The number of amides is 1. The predicted molar refractivity (Wildman–Crippen MR) is 124 cm³/mol. The fraction of sp³-hybridized carbons (Fsp3) is 0.640. The van der Waals surface area contributed by atoms with Gasteiger partial charge >= 0.3 is 12.1 Å². The van der Waals surface area contributed by atoms with E-state index in [-0.39, 0.29) is 29.4 Å². The first-order chi connectivity index (χ1) is 14.8. The zero-order valence-corrected chi connectivity index (χ0v) is 20.5. The highest BCUT2D eigenvalue weighted by Gasteiger charge is 2.67. The lowest BCUT2D eigenvalue weighted by molar-refractivity contribution is -0.152. The molecule has 2 fully saturated rings. The maximum atomic E-state index is 13.2. The molecule has 0 spiro atoms. The van der Waals surface area contributed by atoms with Crippen LogP contribution in [0.3, 0.4) is 0 Å². The molecule has 2 aliphatic carbocycles. The molecule has 1 aliphatic heterocycles. The monoisotopic (exact) mass is 460 g/mol. The molecule has 3 aliphatic rings. The number of halogens is 1. The highest BCUT2D eigenvalue weighted by molar-refractivity contribution is 6.30. The highest BCUT2D eigenvalue weighted by atomic mass is 35.5. The average molecular weight is 461 g/mol. The van der Waals surface area contributed by atoms with Crippen LogP contribution in [0.4, 0.5) is 4.79 Å². The van der Waals surface area contributed by atoms with Crippen LogP contribution in [0.25, 0.3) is 0 Å². The molecule has 32 heavy (non-hydrogen) atoms. The quantitative estimate of drug-likeness (QED) is 0.631. The summed E-state index contributed by atoms with van der Waals surface area (Å²) in [6.45, 7) is 12.4. The summed E-state index contributed by atoms with van der Waals surface area (Å²) in [7, 11) is 0. The first kappa shape index (κ1) is 23.1. The molecule has 1 N–H and O–H groups in total. The zero-order valence-electron chi connectivity index (χ0n) is 19.7. The molecule has 1 aromatic rings. The summed E-state index contributed by atoms with van der Waals surface area (Å²) >= 11 is 6.25. The molecule has 2 bridgehead atoms. The van der Waals surface area contributed by atoms with Crippen molar-refractivity contribution in [1.82, 2.24) is 5.32 Å². The Labute approximate surface area is 195 Å². The number of alkyl carbamates (subject to hydrolysis) is 1. The van der Waals surface area contributed by atoms with Crippen LogP contribution in [-0.4, -0.2) is 42.1 Å². The average Bonchev–Trinajstić information content (AvgIpc) is 2.99. The number of ether oxygens (including phenoxy) is 2. The van der Waals surface area contributed by atoms with Gasteiger partial charge < -0.3 is 14.8 Å². The summed E-state index contributed by atoms with van der Waals surface area (Å²) < 4.78 is 11.4. The lowest BCUT2D eigenvalue weighted by Crippen LogP contribution is -2.48. The van der Waals surface area contributed by atoms with E-state index >= 15 is 0 Å². The molecule has 1 aromatic carbocycles. The van der Waals surface area contributed by atoms with E-state index in [0.29, 0.717) is 10.9 Å². The molecular weight excluding hydrogens is 428 g/mol. The van der Waals surface area contributed by atoms with Gasteiger partial charge in [0.05, 0.1) is 5.71 Å². The van der Waals surface area contributed by atoms with Gasteiger partial charge in [-0.15, -0.1) is 0 Å². The van der Waals surface area contributed by atoms with Crippen molar-refractivity contribution in [2.75, 3.05) is 6.54 Å². The predicted octanol–water partition coefficient (Wildman–Crippen LogP) is 5.14. The van der Waals surface area contributed by atoms with Crippen LogP contribution in [0.1, 0.15) is 65.9 Å². The van der Waals surface area contributed by atoms with Crippen LogP contribution in [0.2, 0.25) is 5.02 Å². The molecule has 6 nitrogen and oxygen atoms in total. The SMILES string of the molecule is CC(C)(C)OC(=O)NC[C@H](c1cccc(Cl)c1)[C@@H]1N=C2[C@H](OC1=O)[C@H]1CC[C@]2(C)C1(C)C. The number of aliphatic imine (C=N–C) groups is 1. The Hall–Kier alpha value is -2.08. The van der Waals surface area contributed by atoms with E-state index in [1.54, 1.807) is 6.07 Å². The number of fused-ring (bicyclic) bond motifs is 5. The first-order valence-corrected chi connectivity index (χ1v) is 11.7. The standard InChI is InChI=1S/C25H33ClN2O4/c1-23(2,3)32-22(30)27-13-16(14-8-7-9-15(26)12-14)18-21(29)31-19-17-10-11-25(6,20(19)28-18)24(17,4)5/h7-9,12,16-19H,10-11,13H2,1-6H3,(H,27,30)/t16-,17-,18+,19-,25+/m1/s1. The van der Waals surface area contributed by atoms with Crippen LogP contribution < -0.4 is 5.32 Å². The topological polar surface area (TPSA) is 77.0 Å². The summed E-state index contributed by atoms with van der Waals surface area (Å²) in [5.74, 6) is -0.477. The molecule has 5 atom stereocenters. The van der Waals surface area contributed by atoms with Crippen molar-refractivity contribution in [3.05, 3.63) is 34.9 Å². The molecule has 0 saturated heterocycles. The van der Waals surface area contributed by atoms with Crippen LogP contribution in [0.15, 0.2) is 29.3 Å². The molecule has 7 heteroatoms. The second-order valence-electron chi connectivity index (χ2n) is 11.1. The van der Waals surface area contributed by atoms with E-state index in [0.717, 1.165) is 24.1 Å². The zero-order chi connectivity index (χ0) is 23.5. The third kappa shape index (κ3) is 3.81. The number of rotatable bonds is 4. The minimum absolute atomic E-state index is 0.0198. The minimum Gasteiger partial charge on any atom is -0.454 e. The van der Waals surface area contributed by atoms with Gasteiger partial charge in [-0.3, -0.25) is 4.99 Å². The number of carbonyl (C=O) groups excluding carboxylic acids is 2. The van der Waals surface area contributed by atoms with Crippen LogP contribution >= 0.6 is 11.6 Å². The largest absolute Gasteiger partial charge is 0.454 e. The third-order valence-corrected chi connectivity index (χ3v) is 8.03. The van der Waals surface area contributed by atoms with Gasteiger partial charge in [-0.2, -0.15) is 0 Å². The van der Waals surface area contributed by atoms with Crippen molar-refractivity contribution < 1.29 is 19.1 Å². The summed E-state index contributed by atoms with van der Waals surface area (Å²) in [6, 6.07) is 6.59. The summed E-state index contributed by atoms with van der Waals surface area (Å²) in [4.78, 5) is 30.6. The molecule has 1 heterocycles. The van der Waals surface area contributed by atoms with E-state index in [9.17, 15) is 9.59 Å². The van der Waals surface area contributed by atoms with Crippen molar-refractivity contribution in [2.24, 2.45) is 21.7 Å². The lowest BCUT2D eigenvalue weighted by Gasteiger charge is -2.37. The summed E-state index contributed by atoms with van der Waals surface area (Å²) in [6.07, 6.45) is 1.31. The number of carbonyl (C=O) groups is 2. The first-order valence-electron chi connectivity index (χ1n) is 11.3. The van der Waals surface area contributed by atoms with E-state index in [1.165, 1.54) is 0 Å². The van der Waals surface area contributed by atoms with Gasteiger partial charge in [0.25, 0.3) is 0 Å². The Morgan fingerprint density at radius 2 is 2.06 bits per heavy atom. The Balaban J connectivity index is 1.67. The van der Waals surface area contributed by atoms with E-state index in [1.807, 2.05) is 39.0 Å². The van der Waals surface area contributed by atoms with Crippen LogP contribution in [0, 0.1) is 16.7 Å². The van der Waals surface area contributed by atoms with Gasteiger partial charge in [0.15, 0.2) is 6.04 Å². The second-order valence-corrected chi connectivity index (χ2v) is 11.5. The number of benzene rings is 1. The molecule has 0 unspecified atom stereocenters. The Morgan fingerprint density at radius 1 is 1.34 bits per heavy atom. The van der Waals surface area contributed by atoms with Gasteiger partial charge in [-0.25, -0.2) is 9.59 Å². The lowest BCUT2D eigenvalue weighted by atomic mass is 9.70. The van der Waals surface area contributed by atoms with E-state index < -0.39 is 23.7 Å². The van der Waals surface area contributed by atoms with E-state index in [4.69, 9.17) is 26.1 Å². The number of nitrogens with zero attached hydrogens (tertiary/aromatic N) is 1. The fourth-order valence-electron chi connectivity index (χ4n) is 5.69. The highest BCUT2D eigenvalue weighted by Crippen LogP contribution is 2.65. The van der Waals surface area contributed by atoms with Crippen molar-refractivity contribution in [1.29, 1.82) is 0 Å². The fourth-order valence-corrected chi connectivity index (χ4v) is 5.89. The van der Waals surface area contributed by atoms with E-state index in [2.05, 4.69) is 26.1 Å². The Bertz CT molecular complexity index is 967. The van der Waals surface area contributed by atoms with Crippen LogP contribution in [0.5, 0.6) is 0 Å².